The van der Waals surface area contributed by atoms with E-state index in [1.54, 1.807) is 0 Å². The van der Waals surface area contributed by atoms with Crippen LogP contribution in [0.15, 0.2) is 22.7 Å². The molecule has 20 heavy (non-hydrogen) atoms. The quantitative estimate of drug-likeness (QED) is 0.898. The molecule has 2 saturated heterocycles. The molecule has 3 heterocycles. The van der Waals surface area contributed by atoms with Crippen LogP contribution in [-0.2, 0) is 0 Å². The van der Waals surface area contributed by atoms with Crippen molar-refractivity contribution in [2.24, 2.45) is 0 Å². The van der Waals surface area contributed by atoms with Gasteiger partial charge in [0.15, 0.2) is 0 Å². The lowest BCUT2D eigenvalue weighted by Crippen LogP contribution is -2.42. The first kappa shape index (κ1) is 13.1. The number of rotatable bonds is 2. The minimum absolute atomic E-state index is 0.446. The van der Waals surface area contributed by atoms with Crippen LogP contribution >= 0.6 is 15.9 Å². The van der Waals surface area contributed by atoms with E-state index >= 15 is 0 Å². The third kappa shape index (κ3) is 2.28. The van der Waals surface area contributed by atoms with Gasteiger partial charge in [0.25, 0.3) is 0 Å². The van der Waals surface area contributed by atoms with E-state index in [9.17, 15) is 0 Å². The van der Waals surface area contributed by atoms with Gasteiger partial charge in [0.05, 0.1) is 6.61 Å². The summed E-state index contributed by atoms with van der Waals surface area (Å²) < 4.78 is 6.93. The van der Waals surface area contributed by atoms with Crippen molar-refractivity contribution in [2.75, 3.05) is 19.7 Å². The van der Waals surface area contributed by atoms with Gasteiger partial charge in [-0.15, -0.1) is 0 Å². The number of hydrogen-bond donors (Lipinski definition) is 1. The summed E-state index contributed by atoms with van der Waals surface area (Å²) in [6, 6.07) is 8.25. The molecule has 0 spiro atoms. The van der Waals surface area contributed by atoms with Crippen LogP contribution in [0, 0.1) is 0 Å². The van der Waals surface area contributed by atoms with Crippen LogP contribution in [0.25, 0.3) is 0 Å². The molecule has 3 unspecified atom stereocenters. The SMILES string of the molecule is Brc1ccc2c(c1)C(NC1CCN3CCCC13)CCO2. The highest BCUT2D eigenvalue weighted by atomic mass is 79.9. The van der Waals surface area contributed by atoms with Crippen LogP contribution in [0.2, 0.25) is 0 Å². The predicted molar refractivity (Wildman–Crippen MR) is 83.1 cm³/mol. The number of nitrogens with one attached hydrogen (secondary N) is 1. The lowest BCUT2D eigenvalue weighted by molar-refractivity contribution is 0.230. The molecule has 0 aliphatic carbocycles. The summed E-state index contributed by atoms with van der Waals surface area (Å²) in [6.07, 6.45) is 5.11. The van der Waals surface area contributed by atoms with Crippen LogP contribution < -0.4 is 10.1 Å². The maximum absolute atomic E-state index is 5.79. The van der Waals surface area contributed by atoms with Crippen LogP contribution in [-0.4, -0.2) is 36.7 Å². The monoisotopic (exact) mass is 336 g/mol. The van der Waals surface area contributed by atoms with Crippen molar-refractivity contribution >= 4 is 15.9 Å². The molecular weight excluding hydrogens is 316 g/mol. The Morgan fingerprint density at radius 2 is 2.15 bits per heavy atom. The zero-order valence-corrected chi connectivity index (χ0v) is 13.2. The molecule has 3 nitrogen and oxygen atoms in total. The van der Waals surface area contributed by atoms with Crippen molar-refractivity contribution in [3.05, 3.63) is 28.2 Å². The average molecular weight is 337 g/mol. The van der Waals surface area contributed by atoms with Crippen LogP contribution in [0.3, 0.4) is 0 Å². The first-order valence-corrected chi connectivity index (χ1v) is 8.53. The van der Waals surface area contributed by atoms with E-state index in [1.807, 2.05) is 0 Å². The minimum atomic E-state index is 0.446. The van der Waals surface area contributed by atoms with E-state index in [0.717, 1.165) is 29.3 Å². The number of hydrogen-bond acceptors (Lipinski definition) is 3. The second-order valence-corrected chi connectivity index (χ2v) is 7.09. The van der Waals surface area contributed by atoms with Crippen molar-refractivity contribution in [3.63, 3.8) is 0 Å². The standard InChI is InChI=1S/C16H21BrN2O/c17-11-3-4-16-12(10-11)13(6-9-20-16)18-14-5-8-19-7-1-2-15(14)19/h3-4,10,13-15,18H,1-2,5-9H2. The Kier molecular flexibility index (Phi) is 3.49. The fourth-order valence-corrected chi connectivity index (χ4v) is 4.45. The lowest BCUT2D eigenvalue weighted by atomic mass is 9.97. The van der Waals surface area contributed by atoms with Gasteiger partial charge in [-0.05, 0) is 44.0 Å². The van der Waals surface area contributed by atoms with Crippen LogP contribution in [0.4, 0.5) is 0 Å². The molecular formula is C16H21BrN2O. The van der Waals surface area contributed by atoms with E-state index in [1.165, 1.54) is 37.9 Å². The molecule has 4 rings (SSSR count). The van der Waals surface area contributed by atoms with Crippen molar-refractivity contribution in [1.29, 1.82) is 0 Å². The highest BCUT2D eigenvalue weighted by Crippen LogP contribution is 2.36. The number of benzene rings is 1. The fourth-order valence-electron chi connectivity index (χ4n) is 4.07. The van der Waals surface area contributed by atoms with Gasteiger partial charge in [-0.1, -0.05) is 15.9 Å². The minimum Gasteiger partial charge on any atom is -0.493 e. The van der Waals surface area contributed by atoms with Gasteiger partial charge in [0.1, 0.15) is 5.75 Å². The summed E-state index contributed by atoms with van der Waals surface area (Å²) in [4.78, 5) is 2.67. The Balaban J connectivity index is 1.54. The molecule has 3 aliphatic rings. The van der Waals surface area contributed by atoms with E-state index < -0.39 is 0 Å². The maximum Gasteiger partial charge on any atom is 0.124 e. The highest BCUT2D eigenvalue weighted by molar-refractivity contribution is 9.10. The summed E-state index contributed by atoms with van der Waals surface area (Å²) in [5.41, 5.74) is 1.32. The number of nitrogens with zero attached hydrogens (tertiary/aromatic N) is 1. The molecule has 108 valence electrons. The summed E-state index contributed by atoms with van der Waals surface area (Å²) >= 11 is 3.58. The number of ether oxygens (including phenoxy) is 1. The van der Waals surface area contributed by atoms with Crippen LogP contribution in [0.1, 0.15) is 37.3 Å². The molecule has 1 aromatic carbocycles. The first-order chi connectivity index (χ1) is 9.81. The van der Waals surface area contributed by atoms with Crippen LogP contribution in [0.5, 0.6) is 5.75 Å². The summed E-state index contributed by atoms with van der Waals surface area (Å²) in [7, 11) is 0. The summed E-state index contributed by atoms with van der Waals surface area (Å²) in [5.74, 6) is 1.05. The Labute approximate surface area is 128 Å². The zero-order valence-electron chi connectivity index (χ0n) is 11.6. The topological polar surface area (TPSA) is 24.5 Å². The fraction of sp³-hybridized carbons (Fsp3) is 0.625. The first-order valence-electron chi connectivity index (χ1n) is 7.73. The second-order valence-electron chi connectivity index (χ2n) is 6.18. The third-order valence-electron chi connectivity index (χ3n) is 5.03. The Morgan fingerprint density at radius 1 is 1.20 bits per heavy atom. The number of fused-ring (bicyclic) bond motifs is 2. The Bertz CT molecular complexity index is 507. The molecule has 2 fully saturated rings. The normalized spacial score (nSPS) is 32.8. The molecule has 3 atom stereocenters. The molecule has 0 aromatic heterocycles. The lowest BCUT2D eigenvalue weighted by Gasteiger charge is -2.31. The highest BCUT2D eigenvalue weighted by Gasteiger charge is 2.38. The van der Waals surface area contributed by atoms with E-state index in [4.69, 9.17) is 4.74 Å². The van der Waals surface area contributed by atoms with Crippen molar-refractivity contribution in [1.82, 2.24) is 10.2 Å². The smallest absolute Gasteiger partial charge is 0.124 e. The Hall–Kier alpha value is -0.580. The molecule has 3 aliphatic heterocycles. The molecule has 0 amide bonds. The Morgan fingerprint density at radius 3 is 3.10 bits per heavy atom. The second kappa shape index (κ2) is 5.32. The van der Waals surface area contributed by atoms with Gasteiger partial charge in [-0.2, -0.15) is 0 Å². The van der Waals surface area contributed by atoms with Crippen molar-refractivity contribution < 1.29 is 4.74 Å². The van der Waals surface area contributed by atoms with Gasteiger partial charge in [-0.3, -0.25) is 4.90 Å². The molecule has 0 bridgehead atoms. The van der Waals surface area contributed by atoms with Gasteiger partial charge in [0.2, 0.25) is 0 Å². The molecule has 1 aromatic rings. The van der Waals surface area contributed by atoms with Gasteiger partial charge in [-0.25, -0.2) is 0 Å². The van der Waals surface area contributed by atoms with E-state index in [0.29, 0.717) is 12.1 Å². The molecule has 1 N–H and O–H groups in total. The zero-order chi connectivity index (χ0) is 13.5. The average Bonchev–Trinajstić information content (AvgIpc) is 3.04. The third-order valence-corrected chi connectivity index (χ3v) is 5.53. The summed E-state index contributed by atoms with van der Waals surface area (Å²) in [6.45, 7) is 3.41. The number of halogens is 1. The molecule has 0 radical (unpaired) electrons. The van der Waals surface area contributed by atoms with Gasteiger partial charge < -0.3 is 10.1 Å². The van der Waals surface area contributed by atoms with Crippen molar-refractivity contribution in [3.8, 4) is 5.75 Å². The maximum atomic E-state index is 5.79. The largest absolute Gasteiger partial charge is 0.493 e. The summed E-state index contributed by atoms with van der Waals surface area (Å²) in [5, 5.41) is 3.93. The van der Waals surface area contributed by atoms with Gasteiger partial charge in [0, 0.05) is 41.1 Å². The van der Waals surface area contributed by atoms with E-state index in [2.05, 4.69) is 44.3 Å². The predicted octanol–water partition coefficient (Wildman–Crippen LogP) is 3.10. The van der Waals surface area contributed by atoms with Gasteiger partial charge >= 0.3 is 0 Å². The van der Waals surface area contributed by atoms with Crippen molar-refractivity contribution in [2.45, 2.75) is 43.8 Å². The molecule has 0 saturated carbocycles. The molecule has 4 heteroatoms. The van der Waals surface area contributed by atoms with E-state index in [-0.39, 0.29) is 0 Å².